The van der Waals surface area contributed by atoms with Crippen LogP contribution < -0.4 is 4.74 Å². The summed E-state index contributed by atoms with van der Waals surface area (Å²) in [6, 6.07) is 9.55. The molecule has 1 heterocycles. The average molecular weight is 462 g/mol. The fourth-order valence-electron chi connectivity index (χ4n) is 3.15. The zero-order valence-corrected chi connectivity index (χ0v) is 17.5. The molecule has 1 amide bonds. The summed E-state index contributed by atoms with van der Waals surface area (Å²) < 4.78 is 69.1. The molecule has 0 N–H and O–H groups in total. The number of ether oxygens (including phenoxy) is 1. The molecule has 0 spiro atoms. The van der Waals surface area contributed by atoms with Gasteiger partial charge in [0.05, 0.1) is 22.6 Å². The topological polar surface area (TPSA) is 63.7 Å². The lowest BCUT2D eigenvalue weighted by Gasteiger charge is -2.38. The molecule has 0 bridgehead atoms. The number of benzene rings is 2. The zero-order valence-electron chi connectivity index (χ0n) is 15.9. The number of aryl methyl sites for hydroxylation is 1. The number of amides is 1. The van der Waals surface area contributed by atoms with Gasteiger partial charge in [0.1, 0.15) is 11.0 Å². The van der Waals surface area contributed by atoms with E-state index in [9.17, 15) is 26.4 Å². The Morgan fingerprint density at radius 3 is 2.37 bits per heavy atom. The zero-order chi connectivity index (χ0) is 22.1. The summed E-state index contributed by atoms with van der Waals surface area (Å²) in [6.07, 6.45) is -4.49. The maximum Gasteiger partial charge on any atom is 0.417 e. The van der Waals surface area contributed by atoms with E-state index in [1.807, 2.05) is 0 Å². The molecule has 2 aromatic carbocycles. The second-order valence-electron chi connectivity index (χ2n) is 6.95. The number of methoxy groups -OCH3 is 1. The quantitative estimate of drug-likeness (QED) is 0.652. The van der Waals surface area contributed by atoms with Gasteiger partial charge in [0.2, 0.25) is 5.91 Å². The van der Waals surface area contributed by atoms with Gasteiger partial charge in [0.25, 0.3) is 0 Å². The van der Waals surface area contributed by atoms with Crippen LogP contribution in [0.1, 0.15) is 17.5 Å². The maximum absolute atomic E-state index is 12.9. The lowest BCUT2D eigenvalue weighted by atomic mass is 10.0. The number of rotatable bonds is 6. The molecule has 0 unspecified atom stereocenters. The van der Waals surface area contributed by atoms with Gasteiger partial charge >= 0.3 is 6.18 Å². The van der Waals surface area contributed by atoms with E-state index in [1.165, 1.54) is 30.2 Å². The van der Waals surface area contributed by atoms with Crippen molar-refractivity contribution in [2.24, 2.45) is 0 Å². The van der Waals surface area contributed by atoms with Crippen LogP contribution in [0.4, 0.5) is 13.2 Å². The normalized spacial score (nSPS) is 15.0. The summed E-state index contributed by atoms with van der Waals surface area (Å²) in [7, 11) is -2.10. The molecule has 1 saturated heterocycles. The van der Waals surface area contributed by atoms with E-state index in [4.69, 9.17) is 16.3 Å². The van der Waals surface area contributed by atoms with Gasteiger partial charge in [-0.15, -0.1) is 0 Å². The van der Waals surface area contributed by atoms with Gasteiger partial charge in [-0.3, -0.25) is 4.79 Å². The third kappa shape index (κ3) is 4.73. The summed E-state index contributed by atoms with van der Waals surface area (Å²) in [4.78, 5) is 13.9. The van der Waals surface area contributed by atoms with E-state index in [2.05, 4.69) is 0 Å². The monoisotopic (exact) mass is 461 g/mol. The molecule has 0 aliphatic carbocycles. The predicted octanol–water partition coefficient (Wildman–Crippen LogP) is 3.98. The molecular weight excluding hydrogens is 443 g/mol. The number of nitrogens with zero attached hydrogens (tertiary/aromatic N) is 1. The highest BCUT2D eigenvalue weighted by atomic mass is 35.5. The van der Waals surface area contributed by atoms with Crippen molar-refractivity contribution in [3.8, 4) is 5.75 Å². The van der Waals surface area contributed by atoms with E-state index in [1.54, 1.807) is 12.1 Å². The number of likely N-dealkylation sites (tertiary alicyclic amines) is 1. The lowest BCUT2D eigenvalue weighted by molar-refractivity contribution is -0.137. The number of halogens is 4. The predicted molar refractivity (Wildman–Crippen MR) is 105 cm³/mol. The van der Waals surface area contributed by atoms with Crippen molar-refractivity contribution in [2.45, 2.75) is 29.2 Å². The Balaban J connectivity index is 1.56. The molecule has 10 heteroatoms. The minimum absolute atomic E-state index is 0.0196. The first kappa shape index (κ1) is 22.4. The van der Waals surface area contributed by atoms with Gasteiger partial charge < -0.3 is 9.64 Å². The van der Waals surface area contributed by atoms with Gasteiger partial charge in [-0.25, -0.2) is 8.42 Å². The van der Waals surface area contributed by atoms with Crippen molar-refractivity contribution < 1.29 is 31.1 Å². The van der Waals surface area contributed by atoms with E-state index in [0.717, 1.165) is 12.1 Å². The SMILES string of the molecule is COc1ccc(S(=O)(=O)C2CN(C(=O)CCc3ccc(Cl)c(C(F)(F)F)c3)C2)cc1. The van der Waals surface area contributed by atoms with Crippen LogP contribution in [0.15, 0.2) is 47.4 Å². The van der Waals surface area contributed by atoms with Crippen LogP contribution in [0.25, 0.3) is 0 Å². The number of carbonyl (C=O) groups excluding carboxylic acids is 1. The molecule has 1 fully saturated rings. The maximum atomic E-state index is 12.9. The number of alkyl halides is 3. The van der Waals surface area contributed by atoms with E-state index >= 15 is 0 Å². The molecule has 1 aliphatic heterocycles. The van der Waals surface area contributed by atoms with Crippen LogP contribution >= 0.6 is 11.6 Å². The second kappa shape index (κ2) is 8.47. The Hall–Kier alpha value is -2.26. The van der Waals surface area contributed by atoms with Crippen molar-refractivity contribution >= 4 is 27.3 Å². The van der Waals surface area contributed by atoms with Crippen LogP contribution in [0.5, 0.6) is 5.75 Å². The summed E-state index contributed by atoms with van der Waals surface area (Å²) in [5.74, 6) is 0.231. The van der Waals surface area contributed by atoms with Crippen molar-refractivity contribution in [3.63, 3.8) is 0 Å². The summed E-state index contributed by atoms with van der Waals surface area (Å²) in [6.45, 7) is 0.114. The molecule has 3 rings (SSSR count). The van der Waals surface area contributed by atoms with Crippen molar-refractivity contribution in [1.29, 1.82) is 0 Å². The standard InChI is InChI=1S/C20H19ClF3NO4S/c1-29-14-4-6-15(7-5-14)30(27,28)16-11-25(12-16)19(26)9-3-13-2-8-18(21)17(10-13)20(22,23)24/h2,4-8,10,16H,3,9,11-12H2,1H3. The Morgan fingerprint density at radius 2 is 1.80 bits per heavy atom. The largest absolute Gasteiger partial charge is 0.497 e. The first-order chi connectivity index (χ1) is 14.0. The Labute approximate surface area is 177 Å². The molecule has 1 aliphatic rings. The van der Waals surface area contributed by atoms with E-state index < -0.39 is 31.8 Å². The van der Waals surface area contributed by atoms with Gasteiger partial charge in [0.15, 0.2) is 9.84 Å². The van der Waals surface area contributed by atoms with E-state index in [-0.39, 0.29) is 36.7 Å². The fraction of sp³-hybridized carbons (Fsp3) is 0.350. The van der Waals surface area contributed by atoms with Gasteiger partial charge in [-0.2, -0.15) is 13.2 Å². The molecule has 0 radical (unpaired) electrons. The third-order valence-corrected chi connectivity index (χ3v) is 7.43. The van der Waals surface area contributed by atoms with Gasteiger partial charge in [0, 0.05) is 19.5 Å². The highest BCUT2D eigenvalue weighted by Crippen LogP contribution is 2.35. The molecule has 30 heavy (non-hydrogen) atoms. The Morgan fingerprint density at radius 1 is 1.17 bits per heavy atom. The number of carbonyl (C=O) groups is 1. The third-order valence-electron chi connectivity index (χ3n) is 4.99. The van der Waals surface area contributed by atoms with Crippen molar-refractivity contribution in [3.05, 3.63) is 58.6 Å². The first-order valence-electron chi connectivity index (χ1n) is 9.03. The van der Waals surface area contributed by atoms with E-state index in [0.29, 0.717) is 11.3 Å². The minimum Gasteiger partial charge on any atom is -0.497 e. The highest BCUT2D eigenvalue weighted by Gasteiger charge is 2.40. The Bertz CT molecular complexity index is 1030. The van der Waals surface area contributed by atoms with Crippen LogP contribution in [0, 0.1) is 0 Å². The number of hydrogen-bond acceptors (Lipinski definition) is 4. The van der Waals surface area contributed by atoms with Crippen molar-refractivity contribution in [2.75, 3.05) is 20.2 Å². The summed E-state index contributed by atoms with van der Waals surface area (Å²) >= 11 is 5.59. The van der Waals surface area contributed by atoms with Gasteiger partial charge in [-0.1, -0.05) is 17.7 Å². The number of sulfone groups is 1. The van der Waals surface area contributed by atoms with Crippen molar-refractivity contribution in [1.82, 2.24) is 4.90 Å². The summed E-state index contributed by atoms with van der Waals surface area (Å²) in [5, 5.41) is -1.10. The molecule has 162 valence electrons. The van der Waals surface area contributed by atoms with Crippen LogP contribution in [0.2, 0.25) is 5.02 Å². The van der Waals surface area contributed by atoms with Crippen LogP contribution in [-0.4, -0.2) is 44.7 Å². The molecule has 0 aromatic heterocycles. The average Bonchev–Trinajstić information content (AvgIpc) is 2.65. The lowest BCUT2D eigenvalue weighted by Crippen LogP contribution is -2.56. The fourth-order valence-corrected chi connectivity index (χ4v) is 5.03. The van der Waals surface area contributed by atoms with Crippen LogP contribution in [0.3, 0.4) is 0 Å². The van der Waals surface area contributed by atoms with Crippen LogP contribution in [-0.2, 0) is 27.2 Å². The molecular formula is C20H19ClF3NO4S. The second-order valence-corrected chi connectivity index (χ2v) is 9.59. The number of hydrogen-bond donors (Lipinski definition) is 0. The molecule has 2 aromatic rings. The Kier molecular flexibility index (Phi) is 6.33. The first-order valence-corrected chi connectivity index (χ1v) is 11.0. The molecule has 5 nitrogen and oxygen atoms in total. The molecule has 0 atom stereocenters. The van der Waals surface area contributed by atoms with Gasteiger partial charge in [-0.05, 0) is 48.4 Å². The highest BCUT2D eigenvalue weighted by molar-refractivity contribution is 7.92. The molecule has 0 saturated carbocycles. The smallest absolute Gasteiger partial charge is 0.417 e. The minimum atomic E-state index is -4.57. The summed E-state index contributed by atoms with van der Waals surface area (Å²) in [5.41, 5.74) is -0.605.